The molecule has 7 nitrogen and oxygen atoms in total. The largest absolute Gasteiger partial charge is 0.478 e. The van der Waals surface area contributed by atoms with Crippen LogP contribution in [0.15, 0.2) is 24.3 Å². The fraction of sp³-hybridized carbons (Fsp3) is 0. The molecule has 0 aromatic heterocycles. The first kappa shape index (κ1) is 10.6. The van der Waals surface area contributed by atoms with Crippen LogP contribution in [0.3, 0.4) is 0 Å². The van der Waals surface area contributed by atoms with Crippen LogP contribution >= 0.6 is 0 Å². The molecule has 0 bridgehead atoms. The average Bonchev–Trinajstić information content (AvgIpc) is 2.16. The number of carbonyl (C=O) groups is 2. The summed E-state index contributed by atoms with van der Waals surface area (Å²) in [4.78, 5) is 31.8. The number of aromatic carboxylic acids is 1. The van der Waals surface area contributed by atoms with Gasteiger partial charge in [-0.2, -0.15) is 0 Å². The summed E-state index contributed by atoms with van der Waals surface area (Å²) in [5.41, 5.74) is 0.845. The van der Waals surface area contributed by atoms with E-state index >= 15 is 0 Å². The highest BCUT2D eigenvalue weighted by Gasteiger charge is 2.18. The molecule has 0 spiro atoms. The van der Waals surface area contributed by atoms with Crippen molar-refractivity contribution in [3.05, 3.63) is 45.5 Å². The number of carboxylic acids is 1. The summed E-state index contributed by atoms with van der Waals surface area (Å²) in [5, 5.41) is 17.6. The van der Waals surface area contributed by atoms with Gasteiger partial charge in [0.1, 0.15) is 0 Å². The number of benzene rings is 1. The number of hydrogen-bond acceptors (Lipinski definition) is 4. The molecule has 0 radical (unpaired) electrons. The summed E-state index contributed by atoms with van der Waals surface area (Å²) < 4.78 is 0. The van der Waals surface area contributed by atoms with Gasteiger partial charge in [-0.25, -0.2) is 14.9 Å². The van der Waals surface area contributed by atoms with Crippen LogP contribution in [0.4, 0.5) is 0 Å². The lowest BCUT2D eigenvalue weighted by Gasteiger charge is -2.01. The first-order valence-electron chi connectivity index (χ1n) is 3.80. The fourth-order valence-electron chi connectivity index (χ4n) is 1.01. The maximum Gasteiger partial charge on any atom is 0.336 e. The normalized spacial score (nSPS) is 9.33. The first-order chi connectivity index (χ1) is 7.02. The third-order valence-corrected chi connectivity index (χ3v) is 1.59. The Bertz CT molecular complexity index is 429. The Balaban J connectivity index is 3.08. The topological polar surface area (TPSA) is 110 Å². The molecule has 7 heteroatoms. The number of amides is 1. The van der Waals surface area contributed by atoms with Crippen LogP contribution in [0.1, 0.15) is 20.7 Å². The predicted octanol–water partition coefficient (Wildman–Crippen LogP) is 0.306. The molecule has 0 aliphatic heterocycles. The molecule has 1 aromatic rings. The third-order valence-electron chi connectivity index (χ3n) is 1.59. The maximum atomic E-state index is 11.2. The second-order valence-electron chi connectivity index (χ2n) is 2.55. The zero-order valence-corrected chi connectivity index (χ0v) is 7.34. The monoisotopic (exact) mass is 210 g/mol. The molecule has 1 aromatic carbocycles. The van der Waals surface area contributed by atoms with Gasteiger partial charge in [-0.15, -0.1) is 0 Å². The molecule has 0 saturated heterocycles. The molecule has 1 amide bonds. The van der Waals surface area contributed by atoms with Gasteiger partial charge in [-0.05, 0) is 12.1 Å². The van der Waals surface area contributed by atoms with Crippen LogP contribution in [-0.2, 0) is 0 Å². The Labute approximate surface area is 83.5 Å². The Hall–Kier alpha value is -2.44. The average molecular weight is 210 g/mol. The predicted molar refractivity (Wildman–Crippen MR) is 47.9 cm³/mol. The number of rotatable bonds is 3. The Morgan fingerprint density at radius 3 is 2.27 bits per heavy atom. The van der Waals surface area contributed by atoms with Crippen molar-refractivity contribution in [2.75, 3.05) is 0 Å². The van der Waals surface area contributed by atoms with E-state index < -0.39 is 16.9 Å². The minimum atomic E-state index is -1.32. The van der Waals surface area contributed by atoms with Gasteiger partial charge in [0.2, 0.25) is 0 Å². The van der Waals surface area contributed by atoms with Crippen molar-refractivity contribution < 1.29 is 19.7 Å². The standard InChI is InChI=1S/C8H6N2O5/c11-7(9-10(14)15)5-3-1-2-4-6(5)8(12)13/h1-4H,(H,9,11)(H,12,13). The van der Waals surface area contributed by atoms with Crippen molar-refractivity contribution in [3.63, 3.8) is 0 Å². The van der Waals surface area contributed by atoms with Crippen molar-refractivity contribution in [3.8, 4) is 0 Å². The van der Waals surface area contributed by atoms with Gasteiger partial charge in [0.25, 0.3) is 0 Å². The van der Waals surface area contributed by atoms with Crippen LogP contribution in [0.2, 0.25) is 0 Å². The van der Waals surface area contributed by atoms with Crippen LogP contribution in [0.5, 0.6) is 0 Å². The maximum absolute atomic E-state index is 11.2. The number of hydrogen-bond donors (Lipinski definition) is 2. The van der Waals surface area contributed by atoms with Gasteiger partial charge in [0.05, 0.1) is 11.1 Å². The molecule has 0 saturated carbocycles. The fourth-order valence-corrected chi connectivity index (χ4v) is 1.01. The molecule has 0 heterocycles. The summed E-state index contributed by atoms with van der Waals surface area (Å²) in [5.74, 6) is -2.37. The molecule has 2 N–H and O–H groups in total. The number of nitrogens with one attached hydrogen (secondary N) is 1. The van der Waals surface area contributed by atoms with E-state index in [2.05, 4.69) is 0 Å². The van der Waals surface area contributed by atoms with Gasteiger partial charge in [0.15, 0.2) is 5.03 Å². The summed E-state index contributed by atoms with van der Waals surface area (Å²) in [6.07, 6.45) is 0. The summed E-state index contributed by atoms with van der Waals surface area (Å²) in [6, 6.07) is 5.23. The number of carboxylic acid groups (broad SMARTS) is 1. The zero-order valence-electron chi connectivity index (χ0n) is 7.34. The van der Waals surface area contributed by atoms with Crippen LogP contribution < -0.4 is 5.43 Å². The molecule has 1 rings (SSSR count). The van der Waals surface area contributed by atoms with Crippen LogP contribution in [0, 0.1) is 10.1 Å². The van der Waals surface area contributed by atoms with Crippen molar-refractivity contribution in [1.29, 1.82) is 0 Å². The van der Waals surface area contributed by atoms with Crippen LogP contribution in [0.25, 0.3) is 0 Å². The molecule has 0 fully saturated rings. The highest BCUT2D eigenvalue weighted by molar-refractivity contribution is 6.04. The molecular formula is C8H6N2O5. The zero-order chi connectivity index (χ0) is 11.4. The van der Waals surface area contributed by atoms with Crippen molar-refractivity contribution in [2.24, 2.45) is 0 Å². The van der Waals surface area contributed by atoms with Gasteiger partial charge < -0.3 is 5.11 Å². The number of nitro groups is 1. The smallest absolute Gasteiger partial charge is 0.336 e. The van der Waals surface area contributed by atoms with Gasteiger partial charge in [-0.1, -0.05) is 17.6 Å². The van der Waals surface area contributed by atoms with Gasteiger partial charge >= 0.3 is 11.9 Å². The van der Waals surface area contributed by atoms with Crippen molar-refractivity contribution in [2.45, 2.75) is 0 Å². The highest BCUT2D eigenvalue weighted by atomic mass is 16.7. The van der Waals surface area contributed by atoms with E-state index in [4.69, 9.17) is 5.11 Å². The van der Waals surface area contributed by atoms with Crippen molar-refractivity contribution >= 4 is 11.9 Å². The first-order valence-corrected chi connectivity index (χ1v) is 3.80. The summed E-state index contributed by atoms with van der Waals surface area (Å²) in [7, 11) is 0. The van der Waals surface area contributed by atoms with E-state index in [0.29, 0.717) is 0 Å². The Morgan fingerprint density at radius 1 is 1.27 bits per heavy atom. The minimum absolute atomic E-state index is 0.248. The quantitative estimate of drug-likeness (QED) is 0.551. The number of carbonyl (C=O) groups excluding carboxylic acids is 1. The van der Waals surface area contributed by atoms with E-state index in [9.17, 15) is 19.7 Å². The lowest BCUT2D eigenvalue weighted by molar-refractivity contribution is -0.527. The lowest BCUT2D eigenvalue weighted by atomic mass is 10.1. The van der Waals surface area contributed by atoms with E-state index in [0.717, 1.165) is 0 Å². The van der Waals surface area contributed by atoms with E-state index in [1.165, 1.54) is 29.7 Å². The second-order valence-corrected chi connectivity index (χ2v) is 2.55. The SMILES string of the molecule is O=C(O)c1ccccc1C(=O)N[N+](=O)[O-]. The van der Waals surface area contributed by atoms with Gasteiger partial charge in [0, 0.05) is 0 Å². The highest BCUT2D eigenvalue weighted by Crippen LogP contribution is 2.08. The lowest BCUT2D eigenvalue weighted by Crippen LogP contribution is -2.30. The summed E-state index contributed by atoms with van der Waals surface area (Å²) in [6.45, 7) is 0. The molecule has 15 heavy (non-hydrogen) atoms. The summed E-state index contributed by atoms with van der Waals surface area (Å²) >= 11 is 0. The Morgan fingerprint density at radius 2 is 1.80 bits per heavy atom. The van der Waals surface area contributed by atoms with Crippen molar-refractivity contribution in [1.82, 2.24) is 5.43 Å². The second kappa shape index (κ2) is 4.18. The van der Waals surface area contributed by atoms with E-state index in [-0.39, 0.29) is 11.1 Å². The Kier molecular flexibility index (Phi) is 2.97. The molecule has 0 aliphatic rings. The molecule has 0 aliphatic carbocycles. The molecular weight excluding hydrogens is 204 g/mol. The molecule has 0 atom stereocenters. The van der Waals surface area contributed by atoms with Crippen LogP contribution in [-0.4, -0.2) is 22.0 Å². The number of nitrogens with zero attached hydrogens (tertiary/aromatic N) is 1. The van der Waals surface area contributed by atoms with E-state index in [1.54, 1.807) is 0 Å². The molecule has 0 unspecified atom stereocenters. The molecule has 78 valence electrons. The van der Waals surface area contributed by atoms with E-state index in [1.807, 2.05) is 0 Å². The third kappa shape index (κ3) is 2.50. The minimum Gasteiger partial charge on any atom is -0.478 e. The number of hydrazine groups is 1. The van der Waals surface area contributed by atoms with Gasteiger partial charge in [-0.3, -0.25) is 4.79 Å².